The lowest BCUT2D eigenvalue weighted by Gasteiger charge is -2.36. The van der Waals surface area contributed by atoms with Crippen LogP contribution in [-0.4, -0.2) is 73.1 Å². The summed E-state index contributed by atoms with van der Waals surface area (Å²) in [6, 6.07) is 6.41. The quantitative estimate of drug-likeness (QED) is 0.442. The summed E-state index contributed by atoms with van der Waals surface area (Å²) in [6.07, 6.45) is 1.54. The lowest BCUT2D eigenvalue weighted by atomic mass is 10.1. The fourth-order valence-corrected chi connectivity index (χ4v) is 5.47. The lowest BCUT2D eigenvalue weighted by Crippen LogP contribution is -2.46. The maximum absolute atomic E-state index is 13.6. The van der Waals surface area contributed by atoms with Crippen LogP contribution in [0, 0.1) is 0 Å². The van der Waals surface area contributed by atoms with Crippen LogP contribution in [0.15, 0.2) is 56.9 Å². The van der Waals surface area contributed by atoms with Crippen molar-refractivity contribution >= 4 is 39.9 Å². The van der Waals surface area contributed by atoms with E-state index in [0.29, 0.717) is 17.2 Å². The van der Waals surface area contributed by atoms with Gasteiger partial charge in [-0.15, -0.1) is 5.10 Å². The zero-order valence-electron chi connectivity index (χ0n) is 18.2. The van der Waals surface area contributed by atoms with Gasteiger partial charge in [0.2, 0.25) is 16.0 Å². The van der Waals surface area contributed by atoms with Crippen LogP contribution >= 0.6 is 11.5 Å². The second-order valence-corrected chi connectivity index (χ2v) is 9.92. The topological polar surface area (TPSA) is 115 Å². The molecule has 10 nitrogen and oxygen atoms in total. The van der Waals surface area contributed by atoms with Gasteiger partial charge >= 0.3 is 0 Å². The monoisotopic (exact) mass is 476 g/mol. The predicted octanol–water partition coefficient (Wildman–Crippen LogP) is 1.98. The van der Waals surface area contributed by atoms with Crippen molar-refractivity contribution in [1.29, 1.82) is 0 Å². The summed E-state index contributed by atoms with van der Waals surface area (Å²) in [6.45, 7) is 9.12. The predicted molar refractivity (Wildman–Crippen MR) is 128 cm³/mol. The third-order valence-electron chi connectivity index (χ3n) is 5.21. The molecule has 2 aromatic rings. The first-order valence-electron chi connectivity index (χ1n) is 10.1. The number of likely N-dealkylation sites (tertiary alicyclic amines) is 1. The van der Waals surface area contributed by atoms with Crippen molar-refractivity contribution < 1.29 is 8.42 Å². The smallest absolute Gasteiger partial charge is 0.243 e. The Kier molecular flexibility index (Phi) is 8.07. The number of aliphatic imine (C=N–C) groups is 2. The van der Waals surface area contributed by atoms with Crippen LogP contribution in [0.25, 0.3) is 0 Å². The number of nitrogens with one attached hydrogen (secondary N) is 2. The Hall–Kier alpha value is -2.67. The zero-order chi connectivity index (χ0) is 23.1. The summed E-state index contributed by atoms with van der Waals surface area (Å²) in [4.78, 5) is 10.4. The molecule has 0 saturated carbocycles. The Morgan fingerprint density at radius 2 is 2.00 bits per heavy atom. The van der Waals surface area contributed by atoms with Crippen LogP contribution in [0.3, 0.4) is 0 Å². The molecule has 32 heavy (non-hydrogen) atoms. The lowest BCUT2D eigenvalue weighted by molar-refractivity contribution is 0.178. The molecule has 0 aliphatic carbocycles. The molecule has 1 aromatic carbocycles. The molecule has 1 aliphatic rings. The summed E-state index contributed by atoms with van der Waals surface area (Å²) in [5.74, 6) is 0.674. The molecule has 0 bridgehead atoms. The molecule has 2 N–H and O–H groups in total. The zero-order valence-corrected chi connectivity index (χ0v) is 19.9. The Morgan fingerprint density at radius 3 is 2.56 bits per heavy atom. The highest BCUT2D eigenvalue weighted by Gasteiger charge is 2.34. The normalized spacial score (nSPS) is 16.2. The minimum Gasteiger partial charge on any atom is -0.374 e. The van der Waals surface area contributed by atoms with E-state index in [1.807, 2.05) is 7.05 Å². The molecule has 172 valence electrons. The highest BCUT2D eigenvalue weighted by atomic mass is 32.2. The van der Waals surface area contributed by atoms with E-state index in [1.165, 1.54) is 11.5 Å². The van der Waals surface area contributed by atoms with Gasteiger partial charge in [-0.25, -0.2) is 13.4 Å². The van der Waals surface area contributed by atoms with Crippen molar-refractivity contribution in [3.8, 4) is 0 Å². The first kappa shape index (κ1) is 24.0. The van der Waals surface area contributed by atoms with Gasteiger partial charge < -0.3 is 15.5 Å². The molecular formula is C20H28N8O2S2. The fourth-order valence-electron chi connectivity index (χ4n) is 3.37. The van der Waals surface area contributed by atoms with Crippen LogP contribution < -0.4 is 10.6 Å². The van der Waals surface area contributed by atoms with Gasteiger partial charge in [0, 0.05) is 24.2 Å². The minimum atomic E-state index is -3.73. The van der Waals surface area contributed by atoms with E-state index in [2.05, 4.69) is 48.4 Å². The average Bonchev–Trinajstić information content (AvgIpc) is 3.31. The van der Waals surface area contributed by atoms with Gasteiger partial charge in [0.05, 0.1) is 17.1 Å². The van der Waals surface area contributed by atoms with E-state index < -0.39 is 10.0 Å². The summed E-state index contributed by atoms with van der Waals surface area (Å²) < 4.78 is 32.6. The molecule has 0 unspecified atom stereocenters. The van der Waals surface area contributed by atoms with Crippen LogP contribution in [0.2, 0.25) is 0 Å². The fraction of sp³-hybridized carbons (Fsp3) is 0.400. The van der Waals surface area contributed by atoms with Gasteiger partial charge in [-0.2, -0.15) is 9.30 Å². The van der Waals surface area contributed by atoms with Crippen LogP contribution in [0.1, 0.15) is 18.5 Å². The number of guanidine groups is 1. The first-order valence-corrected chi connectivity index (χ1v) is 12.4. The Bertz CT molecular complexity index is 1040. The van der Waals surface area contributed by atoms with Crippen molar-refractivity contribution in [2.75, 3.05) is 32.5 Å². The Labute approximate surface area is 193 Å². The van der Waals surface area contributed by atoms with Crippen LogP contribution in [0.5, 0.6) is 0 Å². The van der Waals surface area contributed by atoms with E-state index in [9.17, 15) is 8.42 Å². The Morgan fingerprint density at radius 1 is 1.31 bits per heavy atom. The molecule has 0 amide bonds. The van der Waals surface area contributed by atoms with Crippen molar-refractivity contribution in [2.45, 2.75) is 30.3 Å². The largest absolute Gasteiger partial charge is 0.374 e. The number of hydrogen-bond donors (Lipinski definition) is 2. The second-order valence-electron chi connectivity index (χ2n) is 7.42. The van der Waals surface area contributed by atoms with Gasteiger partial charge in [0.15, 0.2) is 0 Å². The molecule has 0 spiro atoms. The van der Waals surface area contributed by atoms with Gasteiger partial charge in [-0.1, -0.05) is 11.1 Å². The molecule has 1 saturated heterocycles. The number of aromatic nitrogens is 2. The molecule has 1 fully saturated rings. The van der Waals surface area contributed by atoms with Crippen LogP contribution in [0.4, 0.5) is 5.69 Å². The molecule has 12 heteroatoms. The third kappa shape index (κ3) is 5.97. The summed E-state index contributed by atoms with van der Waals surface area (Å²) in [7, 11) is 0.0124. The number of rotatable bonds is 8. The average molecular weight is 477 g/mol. The number of benzene rings is 1. The van der Waals surface area contributed by atoms with Gasteiger partial charge in [-0.05, 0) is 75.5 Å². The summed E-state index contributed by atoms with van der Waals surface area (Å²) >= 11 is 1.22. The highest BCUT2D eigenvalue weighted by Crippen LogP contribution is 2.27. The van der Waals surface area contributed by atoms with E-state index >= 15 is 0 Å². The minimum absolute atomic E-state index is 0.0908. The van der Waals surface area contributed by atoms with Gasteiger partial charge in [-0.3, -0.25) is 0 Å². The van der Waals surface area contributed by atoms with E-state index in [1.54, 1.807) is 41.0 Å². The van der Waals surface area contributed by atoms with Gasteiger partial charge in [0.25, 0.3) is 0 Å². The number of nitrogens with zero attached hydrogens (tertiary/aromatic N) is 6. The second kappa shape index (κ2) is 10.8. The number of sulfonamides is 1. The number of anilines is 1. The molecule has 2 heterocycles. The standard InChI is InChI=1S/C20H28N8O2S2/c1-15(21-2)23-20(22-3)24-16-5-7-19(8-6-16)32(29,30)28(13-17-14-31-26-25-17)18-9-11-27(4)12-10-18/h5-8,14,18,21H,1,3,9-13H2,2,4H3,(H,23,24). The maximum Gasteiger partial charge on any atom is 0.243 e. The van der Waals surface area contributed by atoms with Crippen molar-refractivity contribution in [2.24, 2.45) is 9.98 Å². The third-order valence-corrected chi connectivity index (χ3v) is 7.68. The van der Waals surface area contributed by atoms with Crippen LogP contribution in [-0.2, 0) is 16.6 Å². The summed E-state index contributed by atoms with van der Waals surface area (Å²) in [5.41, 5.74) is 1.28. The molecule has 0 atom stereocenters. The van der Waals surface area contributed by atoms with Crippen molar-refractivity contribution in [1.82, 2.24) is 24.1 Å². The Balaban J connectivity index is 1.83. The molecule has 1 aromatic heterocycles. The molecule has 1 aliphatic heterocycles. The molecular weight excluding hydrogens is 448 g/mol. The van der Waals surface area contributed by atoms with Crippen molar-refractivity contribution in [3.63, 3.8) is 0 Å². The SMILES string of the molecule is C=NC(=NC(=C)NC)Nc1ccc(S(=O)(=O)N(Cc2csnn2)C2CCN(C)CC2)cc1. The van der Waals surface area contributed by atoms with Crippen molar-refractivity contribution in [3.05, 3.63) is 47.7 Å². The van der Waals surface area contributed by atoms with E-state index in [0.717, 1.165) is 25.9 Å². The number of hydrogen-bond acceptors (Lipinski definition) is 8. The first-order chi connectivity index (χ1) is 15.3. The maximum atomic E-state index is 13.6. The number of piperidine rings is 1. The van der Waals surface area contributed by atoms with E-state index in [4.69, 9.17) is 0 Å². The molecule has 0 radical (unpaired) electrons. The summed E-state index contributed by atoms with van der Waals surface area (Å²) in [5, 5.41) is 11.6. The molecule has 3 rings (SSSR count). The highest BCUT2D eigenvalue weighted by molar-refractivity contribution is 7.89. The van der Waals surface area contributed by atoms with Gasteiger partial charge in [0.1, 0.15) is 5.82 Å². The van der Waals surface area contributed by atoms with E-state index in [-0.39, 0.29) is 23.4 Å².